The molecular formula is C7H8N6. The number of hydrogen-bond donors (Lipinski definition) is 3. The number of benzene rings is 1. The molecular weight excluding hydrogens is 168 g/mol. The molecule has 0 saturated carbocycles. The second-order valence-corrected chi connectivity index (χ2v) is 2.58. The van der Waals surface area contributed by atoms with Gasteiger partial charge in [0.2, 0.25) is 5.82 Å². The average Bonchev–Trinajstić information content (AvgIpc) is 2.62. The Hall–Kier alpha value is -2.11. The molecule has 2 aromatic rings. The summed E-state index contributed by atoms with van der Waals surface area (Å²) in [5, 5.41) is 13.4. The number of rotatable bonds is 1. The Kier molecular flexibility index (Phi) is 1.59. The SMILES string of the molecule is Nc1ccc(-c2nn[nH]n2)cc1N. The van der Waals surface area contributed by atoms with Crippen molar-refractivity contribution in [3.05, 3.63) is 18.2 Å². The van der Waals surface area contributed by atoms with Crippen LogP contribution in [-0.4, -0.2) is 20.6 Å². The molecule has 1 aromatic carbocycles. The Morgan fingerprint density at radius 3 is 2.62 bits per heavy atom. The molecule has 0 aliphatic rings. The molecule has 2 rings (SSSR count). The lowest BCUT2D eigenvalue weighted by Gasteiger charge is -2.00. The van der Waals surface area contributed by atoms with Gasteiger partial charge in [0.05, 0.1) is 11.4 Å². The van der Waals surface area contributed by atoms with E-state index in [-0.39, 0.29) is 0 Å². The number of tetrazole rings is 1. The number of anilines is 2. The Bertz CT molecular complexity index is 407. The molecule has 0 aliphatic heterocycles. The maximum atomic E-state index is 5.62. The van der Waals surface area contributed by atoms with Crippen molar-refractivity contribution in [3.63, 3.8) is 0 Å². The van der Waals surface area contributed by atoms with E-state index in [2.05, 4.69) is 20.6 Å². The van der Waals surface area contributed by atoms with Crippen molar-refractivity contribution in [3.8, 4) is 11.4 Å². The summed E-state index contributed by atoms with van der Waals surface area (Å²) in [5.74, 6) is 0.506. The highest BCUT2D eigenvalue weighted by atomic mass is 15.5. The summed E-state index contributed by atoms with van der Waals surface area (Å²) in [7, 11) is 0. The summed E-state index contributed by atoms with van der Waals surface area (Å²) >= 11 is 0. The minimum absolute atomic E-state index is 0.506. The van der Waals surface area contributed by atoms with E-state index in [1.807, 2.05) is 0 Å². The van der Waals surface area contributed by atoms with Gasteiger partial charge in [-0.2, -0.15) is 5.21 Å². The molecule has 0 saturated heterocycles. The first-order valence-electron chi connectivity index (χ1n) is 3.66. The molecule has 0 aliphatic carbocycles. The highest BCUT2D eigenvalue weighted by Crippen LogP contribution is 2.21. The van der Waals surface area contributed by atoms with Crippen LogP contribution in [0.5, 0.6) is 0 Å². The topological polar surface area (TPSA) is 106 Å². The van der Waals surface area contributed by atoms with E-state index in [1.165, 1.54) is 0 Å². The predicted octanol–water partition coefficient (Wildman–Crippen LogP) is 0.0311. The van der Waals surface area contributed by atoms with Gasteiger partial charge in [-0.3, -0.25) is 0 Å². The van der Waals surface area contributed by atoms with Crippen LogP contribution in [0.2, 0.25) is 0 Å². The van der Waals surface area contributed by atoms with Gasteiger partial charge in [-0.25, -0.2) is 0 Å². The maximum Gasteiger partial charge on any atom is 0.204 e. The molecule has 1 heterocycles. The molecule has 0 bridgehead atoms. The third kappa shape index (κ3) is 1.28. The van der Waals surface area contributed by atoms with Crippen LogP contribution in [0.4, 0.5) is 11.4 Å². The minimum Gasteiger partial charge on any atom is -0.397 e. The molecule has 66 valence electrons. The van der Waals surface area contributed by atoms with E-state index in [9.17, 15) is 0 Å². The zero-order chi connectivity index (χ0) is 9.26. The van der Waals surface area contributed by atoms with Crippen molar-refractivity contribution in [2.45, 2.75) is 0 Å². The van der Waals surface area contributed by atoms with Crippen molar-refractivity contribution in [2.75, 3.05) is 11.5 Å². The zero-order valence-electron chi connectivity index (χ0n) is 6.73. The summed E-state index contributed by atoms with van der Waals surface area (Å²) in [6.45, 7) is 0. The molecule has 0 atom stereocenters. The fraction of sp³-hybridized carbons (Fsp3) is 0. The van der Waals surface area contributed by atoms with E-state index in [0.29, 0.717) is 17.2 Å². The minimum atomic E-state index is 0.506. The standard InChI is InChI=1S/C7H8N6/c8-5-2-1-4(3-6(5)9)7-10-12-13-11-7/h1-3H,8-9H2,(H,10,11,12,13). The molecule has 1 aromatic heterocycles. The van der Waals surface area contributed by atoms with Crippen LogP contribution in [0.25, 0.3) is 11.4 Å². The van der Waals surface area contributed by atoms with Crippen LogP contribution < -0.4 is 11.5 Å². The van der Waals surface area contributed by atoms with E-state index in [0.717, 1.165) is 5.56 Å². The summed E-state index contributed by atoms with van der Waals surface area (Å²) in [6, 6.07) is 5.21. The third-order valence-electron chi connectivity index (χ3n) is 1.69. The smallest absolute Gasteiger partial charge is 0.204 e. The third-order valence-corrected chi connectivity index (χ3v) is 1.69. The van der Waals surface area contributed by atoms with Crippen molar-refractivity contribution in [1.29, 1.82) is 0 Å². The number of aromatic amines is 1. The van der Waals surface area contributed by atoms with E-state index >= 15 is 0 Å². The summed E-state index contributed by atoms with van der Waals surface area (Å²) in [4.78, 5) is 0. The number of aromatic nitrogens is 4. The van der Waals surface area contributed by atoms with Gasteiger partial charge < -0.3 is 11.5 Å². The predicted molar refractivity (Wildman–Crippen MR) is 48.4 cm³/mol. The number of nitrogen functional groups attached to an aromatic ring is 2. The lowest BCUT2D eigenvalue weighted by molar-refractivity contribution is 0.881. The van der Waals surface area contributed by atoms with E-state index in [4.69, 9.17) is 11.5 Å². The van der Waals surface area contributed by atoms with Crippen molar-refractivity contribution >= 4 is 11.4 Å². The average molecular weight is 176 g/mol. The summed E-state index contributed by atoms with van der Waals surface area (Å²) in [5.41, 5.74) is 13.0. The van der Waals surface area contributed by atoms with Gasteiger partial charge in [-0.05, 0) is 23.4 Å². The van der Waals surface area contributed by atoms with Crippen molar-refractivity contribution < 1.29 is 0 Å². The molecule has 5 N–H and O–H groups in total. The van der Waals surface area contributed by atoms with Gasteiger partial charge in [0.1, 0.15) is 0 Å². The lowest BCUT2D eigenvalue weighted by atomic mass is 10.1. The number of nitrogens with one attached hydrogen (secondary N) is 1. The Morgan fingerprint density at radius 2 is 2.00 bits per heavy atom. The molecule has 0 amide bonds. The Balaban J connectivity index is 2.49. The van der Waals surface area contributed by atoms with Gasteiger partial charge in [-0.15, -0.1) is 10.2 Å². The fourth-order valence-electron chi connectivity index (χ4n) is 0.998. The second-order valence-electron chi connectivity index (χ2n) is 2.58. The molecule has 0 fully saturated rings. The summed E-state index contributed by atoms with van der Waals surface area (Å²) in [6.07, 6.45) is 0. The number of nitrogens with two attached hydrogens (primary N) is 2. The maximum absolute atomic E-state index is 5.62. The van der Waals surface area contributed by atoms with Gasteiger partial charge >= 0.3 is 0 Å². The first-order chi connectivity index (χ1) is 6.27. The second kappa shape index (κ2) is 2.74. The molecule has 13 heavy (non-hydrogen) atoms. The van der Waals surface area contributed by atoms with Crippen LogP contribution in [0.3, 0.4) is 0 Å². The monoisotopic (exact) mass is 176 g/mol. The fourth-order valence-corrected chi connectivity index (χ4v) is 0.998. The number of nitrogens with zero attached hydrogens (tertiary/aromatic N) is 3. The lowest BCUT2D eigenvalue weighted by Crippen LogP contribution is -1.94. The molecule has 0 spiro atoms. The van der Waals surface area contributed by atoms with Gasteiger partial charge in [0.15, 0.2) is 0 Å². The van der Waals surface area contributed by atoms with E-state index in [1.54, 1.807) is 18.2 Å². The summed E-state index contributed by atoms with van der Waals surface area (Å²) < 4.78 is 0. The van der Waals surface area contributed by atoms with E-state index < -0.39 is 0 Å². The van der Waals surface area contributed by atoms with Crippen LogP contribution in [-0.2, 0) is 0 Å². The Morgan fingerprint density at radius 1 is 1.15 bits per heavy atom. The quantitative estimate of drug-likeness (QED) is 0.531. The molecule has 0 unspecified atom stereocenters. The van der Waals surface area contributed by atoms with Crippen LogP contribution in [0.15, 0.2) is 18.2 Å². The highest BCUT2D eigenvalue weighted by Gasteiger charge is 2.03. The number of hydrogen-bond acceptors (Lipinski definition) is 5. The highest BCUT2D eigenvalue weighted by molar-refractivity contribution is 5.71. The van der Waals surface area contributed by atoms with Crippen LogP contribution >= 0.6 is 0 Å². The van der Waals surface area contributed by atoms with Crippen LogP contribution in [0.1, 0.15) is 0 Å². The largest absolute Gasteiger partial charge is 0.397 e. The first-order valence-corrected chi connectivity index (χ1v) is 3.66. The van der Waals surface area contributed by atoms with Crippen molar-refractivity contribution in [1.82, 2.24) is 20.6 Å². The van der Waals surface area contributed by atoms with Gasteiger partial charge in [0, 0.05) is 5.56 Å². The zero-order valence-corrected chi connectivity index (χ0v) is 6.73. The molecule has 0 radical (unpaired) electrons. The van der Waals surface area contributed by atoms with Gasteiger partial charge in [-0.1, -0.05) is 0 Å². The molecule has 6 heteroatoms. The van der Waals surface area contributed by atoms with Crippen molar-refractivity contribution in [2.24, 2.45) is 0 Å². The molecule has 6 nitrogen and oxygen atoms in total. The van der Waals surface area contributed by atoms with Crippen LogP contribution in [0, 0.1) is 0 Å². The first kappa shape index (κ1) is 7.53. The van der Waals surface area contributed by atoms with Gasteiger partial charge in [0.25, 0.3) is 0 Å². The Labute approximate surface area is 73.9 Å². The normalized spacial score (nSPS) is 10.2. The number of H-pyrrole nitrogens is 1.